The summed E-state index contributed by atoms with van der Waals surface area (Å²) in [5.41, 5.74) is 7.39. The van der Waals surface area contributed by atoms with Crippen molar-refractivity contribution in [2.24, 2.45) is 5.73 Å². The summed E-state index contributed by atoms with van der Waals surface area (Å²) in [6.07, 6.45) is 1.92. The summed E-state index contributed by atoms with van der Waals surface area (Å²) >= 11 is 15.6. The smallest absolute Gasteiger partial charge is 0.123 e. The maximum Gasteiger partial charge on any atom is 0.123 e. The summed E-state index contributed by atoms with van der Waals surface area (Å²) in [5.74, 6) is 0. The molecule has 0 radical (unpaired) electrons. The van der Waals surface area contributed by atoms with E-state index < -0.39 is 4.84 Å². The van der Waals surface area contributed by atoms with Crippen LogP contribution in [0.3, 0.4) is 0 Å². The number of piperidine rings is 1. The molecule has 1 aliphatic heterocycles. The number of halogens is 3. The Morgan fingerprint density at radius 2 is 1.94 bits per heavy atom. The van der Waals surface area contributed by atoms with Crippen molar-refractivity contribution < 1.29 is 0 Å². The summed E-state index contributed by atoms with van der Waals surface area (Å²) in [5, 5.41) is 3.36. The van der Waals surface area contributed by atoms with Gasteiger partial charge in [0.05, 0.1) is 0 Å². The zero-order valence-corrected chi connectivity index (χ0v) is 13.1. The zero-order valence-electron chi connectivity index (χ0n) is 10.0. The predicted octanol–water partition coefficient (Wildman–Crippen LogP) is 3.20. The number of nitrogens with two attached hydrogens (primary N) is 1. The van der Waals surface area contributed by atoms with E-state index in [-0.39, 0.29) is 11.5 Å². The summed E-state index contributed by atoms with van der Waals surface area (Å²) in [7, 11) is 0. The molecule has 2 nitrogen and oxygen atoms in total. The third-order valence-corrected chi connectivity index (χ3v) is 4.84. The number of hydrogen-bond donors (Lipinski definition) is 2. The van der Waals surface area contributed by atoms with Gasteiger partial charge in [0.1, 0.15) is 4.84 Å². The molecule has 5 heteroatoms. The van der Waals surface area contributed by atoms with Gasteiger partial charge in [-0.05, 0) is 43.6 Å². The second kappa shape index (κ2) is 6.10. The van der Waals surface area contributed by atoms with E-state index in [1.807, 2.05) is 12.1 Å². The fraction of sp³-hybridized carbons (Fsp3) is 0.538. The van der Waals surface area contributed by atoms with Crippen molar-refractivity contribution >= 4 is 39.1 Å². The van der Waals surface area contributed by atoms with Crippen LogP contribution in [0.4, 0.5) is 0 Å². The molecule has 1 saturated heterocycles. The number of rotatable bonds is 3. The molecule has 1 unspecified atom stereocenters. The fourth-order valence-corrected chi connectivity index (χ4v) is 3.61. The van der Waals surface area contributed by atoms with Crippen molar-refractivity contribution in [3.05, 3.63) is 34.3 Å². The van der Waals surface area contributed by atoms with Crippen LogP contribution in [0.25, 0.3) is 0 Å². The zero-order chi connectivity index (χ0) is 13.2. The first-order valence-electron chi connectivity index (χ1n) is 6.07. The molecule has 0 aromatic heterocycles. The van der Waals surface area contributed by atoms with Crippen LogP contribution in [-0.2, 0) is 5.41 Å². The Kier molecular flexibility index (Phi) is 4.95. The predicted molar refractivity (Wildman–Crippen MR) is 81.4 cm³/mol. The first kappa shape index (κ1) is 14.6. The van der Waals surface area contributed by atoms with E-state index in [0.717, 1.165) is 30.4 Å². The van der Waals surface area contributed by atoms with Gasteiger partial charge in [0, 0.05) is 15.9 Å². The molecular formula is C13H17BrCl2N2. The highest BCUT2D eigenvalue weighted by atomic mass is 79.9. The summed E-state index contributed by atoms with van der Waals surface area (Å²) in [6.45, 7) is 1.89. The van der Waals surface area contributed by atoms with Crippen LogP contribution in [0.15, 0.2) is 28.7 Å². The van der Waals surface area contributed by atoms with Gasteiger partial charge in [-0.15, -0.1) is 23.2 Å². The molecule has 100 valence electrons. The lowest BCUT2D eigenvalue weighted by atomic mass is 9.68. The molecule has 3 N–H and O–H groups in total. The molecule has 18 heavy (non-hydrogen) atoms. The van der Waals surface area contributed by atoms with Crippen molar-refractivity contribution in [3.8, 4) is 0 Å². The van der Waals surface area contributed by atoms with Crippen molar-refractivity contribution in [2.45, 2.75) is 29.1 Å². The Bertz CT molecular complexity index is 406. The van der Waals surface area contributed by atoms with E-state index in [0.29, 0.717) is 0 Å². The number of benzene rings is 1. The lowest BCUT2D eigenvalue weighted by Crippen LogP contribution is -2.54. The van der Waals surface area contributed by atoms with Gasteiger partial charge in [0.2, 0.25) is 0 Å². The van der Waals surface area contributed by atoms with Gasteiger partial charge in [-0.3, -0.25) is 0 Å². The molecule has 0 spiro atoms. The standard InChI is InChI=1S/C13H17BrCl2N2/c14-10-3-1-2-9(8-10)13(11(17)12(15)16)4-6-18-7-5-13/h1-3,8,11-12,18H,4-7,17H2. The first-order valence-corrected chi connectivity index (χ1v) is 7.73. The second-order valence-electron chi connectivity index (χ2n) is 4.78. The SMILES string of the molecule is NC(C(Cl)Cl)C1(c2cccc(Br)c2)CCNCC1. The summed E-state index contributed by atoms with van der Waals surface area (Å²) < 4.78 is 1.06. The van der Waals surface area contributed by atoms with Gasteiger partial charge in [-0.2, -0.15) is 0 Å². The molecular weight excluding hydrogens is 335 g/mol. The van der Waals surface area contributed by atoms with E-state index in [9.17, 15) is 0 Å². The quantitative estimate of drug-likeness (QED) is 0.820. The van der Waals surface area contributed by atoms with Crippen LogP contribution in [0, 0.1) is 0 Å². The van der Waals surface area contributed by atoms with E-state index in [2.05, 4.69) is 33.4 Å². The molecule has 0 amide bonds. The largest absolute Gasteiger partial charge is 0.325 e. The third kappa shape index (κ3) is 2.86. The van der Waals surface area contributed by atoms with Crippen molar-refractivity contribution in [3.63, 3.8) is 0 Å². The van der Waals surface area contributed by atoms with Crippen molar-refractivity contribution in [2.75, 3.05) is 13.1 Å². The summed E-state index contributed by atoms with van der Waals surface area (Å²) in [6, 6.07) is 8.04. The lowest BCUT2D eigenvalue weighted by molar-refractivity contribution is 0.261. The van der Waals surface area contributed by atoms with Crippen LogP contribution < -0.4 is 11.1 Å². The Labute approximate surface area is 126 Å². The average molecular weight is 352 g/mol. The highest BCUT2D eigenvalue weighted by Crippen LogP contribution is 2.39. The van der Waals surface area contributed by atoms with Crippen LogP contribution in [0.2, 0.25) is 0 Å². The minimum atomic E-state index is -0.554. The molecule has 1 aromatic carbocycles. The van der Waals surface area contributed by atoms with Crippen molar-refractivity contribution in [1.82, 2.24) is 5.32 Å². The Morgan fingerprint density at radius 3 is 2.50 bits per heavy atom. The molecule has 0 aliphatic carbocycles. The number of hydrogen-bond acceptors (Lipinski definition) is 2. The first-order chi connectivity index (χ1) is 8.56. The highest BCUT2D eigenvalue weighted by molar-refractivity contribution is 9.10. The lowest BCUT2D eigenvalue weighted by Gasteiger charge is -2.43. The van der Waals surface area contributed by atoms with Crippen LogP contribution >= 0.6 is 39.1 Å². The molecule has 0 saturated carbocycles. The fourth-order valence-electron chi connectivity index (χ4n) is 2.73. The number of alkyl halides is 2. The van der Waals surface area contributed by atoms with Gasteiger partial charge in [0.15, 0.2) is 0 Å². The van der Waals surface area contributed by atoms with Gasteiger partial charge < -0.3 is 11.1 Å². The minimum Gasteiger partial charge on any atom is -0.325 e. The van der Waals surface area contributed by atoms with E-state index in [1.165, 1.54) is 5.56 Å². The van der Waals surface area contributed by atoms with Gasteiger partial charge >= 0.3 is 0 Å². The maximum atomic E-state index is 6.30. The molecule has 1 aromatic rings. The third-order valence-electron chi connectivity index (χ3n) is 3.80. The monoisotopic (exact) mass is 350 g/mol. The van der Waals surface area contributed by atoms with Crippen LogP contribution in [-0.4, -0.2) is 24.0 Å². The van der Waals surface area contributed by atoms with Gasteiger partial charge in [-0.25, -0.2) is 0 Å². The van der Waals surface area contributed by atoms with E-state index >= 15 is 0 Å². The van der Waals surface area contributed by atoms with Crippen LogP contribution in [0.1, 0.15) is 18.4 Å². The maximum absolute atomic E-state index is 6.30. The Hall–Kier alpha value is 0.200. The van der Waals surface area contributed by atoms with Crippen LogP contribution in [0.5, 0.6) is 0 Å². The molecule has 1 aliphatic rings. The van der Waals surface area contributed by atoms with E-state index in [4.69, 9.17) is 28.9 Å². The van der Waals surface area contributed by atoms with Gasteiger partial charge in [-0.1, -0.05) is 28.1 Å². The Morgan fingerprint density at radius 1 is 1.28 bits per heavy atom. The molecule has 0 bridgehead atoms. The Balaban J connectivity index is 2.41. The molecule has 2 rings (SSSR count). The summed E-state index contributed by atoms with van der Waals surface area (Å²) in [4.78, 5) is -0.554. The second-order valence-corrected chi connectivity index (χ2v) is 6.86. The van der Waals surface area contributed by atoms with E-state index in [1.54, 1.807) is 0 Å². The topological polar surface area (TPSA) is 38.0 Å². The molecule has 1 atom stereocenters. The number of nitrogens with one attached hydrogen (secondary N) is 1. The van der Waals surface area contributed by atoms with Gasteiger partial charge in [0.25, 0.3) is 0 Å². The highest BCUT2D eigenvalue weighted by Gasteiger charge is 2.42. The van der Waals surface area contributed by atoms with Crippen molar-refractivity contribution in [1.29, 1.82) is 0 Å². The molecule has 1 fully saturated rings. The minimum absolute atomic E-state index is 0.136. The normalized spacial score (nSPS) is 20.9. The average Bonchev–Trinajstić information content (AvgIpc) is 2.38. The molecule has 1 heterocycles.